The molecule has 0 spiro atoms. The lowest BCUT2D eigenvalue weighted by Crippen LogP contribution is -2.08. The van der Waals surface area contributed by atoms with Crippen molar-refractivity contribution in [3.8, 4) is 5.75 Å². The van der Waals surface area contributed by atoms with Crippen molar-refractivity contribution in [2.45, 2.75) is 6.18 Å². The smallest absolute Gasteiger partial charge is 0.433 e. The minimum atomic E-state index is -4.73. The quantitative estimate of drug-likeness (QED) is 0.829. The molecule has 2 heterocycles. The van der Waals surface area contributed by atoms with Gasteiger partial charge in [-0.15, -0.1) is 11.3 Å². The standard InChI is InChI=1S/C9H4F3NO3S/c10-9(11,12)5-1-4(14)3-2-17-7(8(15)16)6(3)13-5/h1-2,14H,(H,15,16). The normalized spacial score (nSPS) is 11.9. The van der Waals surface area contributed by atoms with E-state index in [9.17, 15) is 23.1 Å². The third-order valence-corrected chi connectivity index (χ3v) is 2.99. The zero-order valence-electron chi connectivity index (χ0n) is 7.95. The van der Waals surface area contributed by atoms with E-state index in [2.05, 4.69) is 4.98 Å². The molecule has 8 heteroatoms. The maximum absolute atomic E-state index is 12.4. The Kier molecular flexibility index (Phi) is 2.46. The molecular formula is C9H4F3NO3S. The fourth-order valence-corrected chi connectivity index (χ4v) is 2.14. The molecule has 0 radical (unpaired) electrons. The van der Waals surface area contributed by atoms with Crippen LogP contribution >= 0.6 is 11.3 Å². The van der Waals surface area contributed by atoms with Crippen LogP contribution in [0.1, 0.15) is 15.4 Å². The van der Waals surface area contributed by atoms with E-state index >= 15 is 0 Å². The molecule has 0 aromatic carbocycles. The first-order chi connectivity index (χ1) is 7.80. The van der Waals surface area contributed by atoms with Crippen LogP contribution in [-0.4, -0.2) is 21.2 Å². The van der Waals surface area contributed by atoms with E-state index in [0.29, 0.717) is 17.4 Å². The zero-order valence-corrected chi connectivity index (χ0v) is 8.76. The SMILES string of the molecule is O=C(O)c1scc2c(O)cc(C(F)(F)F)nc12. The molecule has 0 atom stereocenters. The summed E-state index contributed by atoms with van der Waals surface area (Å²) in [4.78, 5) is 13.7. The van der Waals surface area contributed by atoms with Gasteiger partial charge in [0.25, 0.3) is 0 Å². The highest BCUT2D eigenvalue weighted by atomic mass is 32.1. The van der Waals surface area contributed by atoms with Crippen molar-refractivity contribution in [3.05, 3.63) is 22.0 Å². The molecule has 2 aromatic rings. The Bertz CT molecular complexity index is 605. The first kappa shape index (κ1) is 11.6. The van der Waals surface area contributed by atoms with Gasteiger partial charge in [0.05, 0.1) is 5.39 Å². The predicted octanol–water partition coefficient (Wildman–Crippen LogP) is 2.72. The van der Waals surface area contributed by atoms with E-state index in [1.54, 1.807) is 0 Å². The van der Waals surface area contributed by atoms with Gasteiger partial charge in [-0.25, -0.2) is 9.78 Å². The second-order valence-corrected chi connectivity index (χ2v) is 4.04. The molecule has 0 aliphatic rings. The Morgan fingerprint density at radius 1 is 1.41 bits per heavy atom. The first-order valence-electron chi connectivity index (χ1n) is 4.22. The molecule has 4 nitrogen and oxygen atoms in total. The number of nitrogens with zero attached hydrogens (tertiary/aromatic N) is 1. The number of aromatic carboxylic acids is 1. The Hall–Kier alpha value is -1.83. The van der Waals surface area contributed by atoms with E-state index in [1.807, 2.05) is 0 Å². The van der Waals surface area contributed by atoms with Crippen LogP contribution in [0.3, 0.4) is 0 Å². The average molecular weight is 263 g/mol. The van der Waals surface area contributed by atoms with Crippen molar-refractivity contribution in [1.29, 1.82) is 0 Å². The lowest BCUT2D eigenvalue weighted by atomic mass is 10.2. The summed E-state index contributed by atoms with van der Waals surface area (Å²) in [6.07, 6.45) is -4.73. The van der Waals surface area contributed by atoms with Gasteiger partial charge in [0.1, 0.15) is 21.8 Å². The molecule has 0 saturated carbocycles. The number of hydrogen-bond acceptors (Lipinski definition) is 4. The van der Waals surface area contributed by atoms with Gasteiger partial charge in [0.15, 0.2) is 0 Å². The third kappa shape index (κ3) is 1.91. The topological polar surface area (TPSA) is 70.4 Å². The number of aromatic hydroxyl groups is 1. The number of thiophene rings is 1. The van der Waals surface area contributed by atoms with Crippen molar-refractivity contribution in [2.75, 3.05) is 0 Å². The van der Waals surface area contributed by atoms with Crippen LogP contribution in [0.25, 0.3) is 10.9 Å². The second kappa shape index (κ2) is 3.59. The number of carboxylic acids is 1. The number of carbonyl (C=O) groups is 1. The van der Waals surface area contributed by atoms with Gasteiger partial charge >= 0.3 is 12.1 Å². The minimum Gasteiger partial charge on any atom is -0.507 e. The lowest BCUT2D eigenvalue weighted by molar-refractivity contribution is -0.141. The summed E-state index contributed by atoms with van der Waals surface area (Å²) in [6.45, 7) is 0. The van der Waals surface area contributed by atoms with Gasteiger partial charge in [0, 0.05) is 11.4 Å². The number of pyridine rings is 1. The molecule has 0 fully saturated rings. The van der Waals surface area contributed by atoms with Gasteiger partial charge in [-0.1, -0.05) is 0 Å². The number of alkyl halides is 3. The molecule has 17 heavy (non-hydrogen) atoms. The Labute approximate surface area is 95.9 Å². The number of fused-ring (bicyclic) bond motifs is 1. The van der Waals surface area contributed by atoms with Crippen LogP contribution in [0.5, 0.6) is 5.75 Å². The van der Waals surface area contributed by atoms with Crippen LogP contribution in [0, 0.1) is 0 Å². The highest BCUT2D eigenvalue weighted by Crippen LogP contribution is 2.36. The molecule has 2 N–H and O–H groups in total. The van der Waals surface area contributed by atoms with Gasteiger partial charge in [-0.2, -0.15) is 13.2 Å². The van der Waals surface area contributed by atoms with E-state index in [-0.39, 0.29) is 15.8 Å². The maximum atomic E-state index is 12.4. The zero-order chi connectivity index (χ0) is 12.8. The summed E-state index contributed by atoms with van der Waals surface area (Å²) >= 11 is 0.715. The maximum Gasteiger partial charge on any atom is 0.433 e. The molecule has 0 bridgehead atoms. The van der Waals surface area contributed by atoms with Crippen LogP contribution in [0.4, 0.5) is 13.2 Å². The van der Waals surface area contributed by atoms with Crippen LogP contribution in [-0.2, 0) is 6.18 Å². The number of hydrogen-bond donors (Lipinski definition) is 2. The van der Waals surface area contributed by atoms with Gasteiger partial charge in [-0.05, 0) is 0 Å². The molecule has 0 aliphatic carbocycles. The summed E-state index contributed by atoms with van der Waals surface area (Å²) in [7, 11) is 0. The summed E-state index contributed by atoms with van der Waals surface area (Å²) in [5, 5.41) is 19.4. The average Bonchev–Trinajstić information content (AvgIpc) is 2.60. The minimum absolute atomic E-state index is 0.000370. The highest BCUT2D eigenvalue weighted by molar-refractivity contribution is 7.13. The summed E-state index contributed by atoms with van der Waals surface area (Å²) in [5.74, 6) is -2.01. The van der Waals surface area contributed by atoms with E-state index < -0.39 is 23.6 Å². The fraction of sp³-hybridized carbons (Fsp3) is 0.111. The number of carboxylic acid groups (broad SMARTS) is 1. The second-order valence-electron chi connectivity index (χ2n) is 3.16. The van der Waals surface area contributed by atoms with Crippen molar-refractivity contribution in [1.82, 2.24) is 4.98 Å². The van der Waals surface area contributed by atoms with Crippen LogP contribution in [0.15, 0.2) is 11.4 Å². The van der Waals surface area contributed by atoms with Gasteiger partial charge in [-0.3, -0.25) is 0 Å². The van der Waals surface area contributed by atoms with Crippen molar-refractivity contribution >= 4 is 28.2 Å². The number of rotatable bonds is 1. The molecule has 0 saturated heterocycles. The Morgan fingerprint density at radius 2 is 2.06 bits per heavy atom. The van der Waals surface area contributed by atoms with Crippen LogP contribution < -0.4 is 0 Å². The largest absolute Gasteiger partial charge is 0.507 e. The third-order valence-electron chi connectivity index (χ3n) is 2.03. The summed E-state index contributed by atoms with van der Waals surface area (Å²) < 4.78 is 37.3. The van der Waals surface area contributed by atoms with Gasteiger partial charge < -0.3 is 10.2 Å². The van der Waals surface area contributed by atoms with Crippen molar-refractivity contribution in [3.63, 3.8) is 0 Å². The molecule has 90 valence electrons. The molecule has 0 amide bonds. The van der Waals surface area contributed by atoms with E-state index in [4.69, 9.17) is 5.11 Å². The fourth-order valence-electron chi connectivity index (χ4n) is 1.30. The molecular weight excluding hydrogens is 259 g/mol. The monoisotopic (exact) mass is 263 g/mol. The van der Waals surface area contributed by atoms with Crippen molar-refractivity contribution in [2.24, 2.45) is 0 Å². The van der Waals surface area contributed by atoms with Gasteiger partial charge in [0.2, 0.25) is 0 Å². The molecule has 2 aromatic heterocycles. The molecule has 2 rings (SSSR count). The summed E-state index contributed by atoms with van der Waals surface area (Å²) in [6, 6.07) is 0.473. The van der Waals surface area contributed by atoms with Crippen molar-refractivity contribution < 1.29 is 28.2 Å². The number of halogens is 3. The Balaban J connectivity index is 2.78. The summed E-state index contributed by atoms with van der Waals surface area (Å²) in [5.41, 5.74) is -1.67. The van der Waals surface area contributed by atoms with E-state index in [1.165, 1.54) is 5.38 Å². The van der Waals surface area contributed by atoms with E-state index in [0.717, 1.165) is 0 Å². The molecule has 0 unspecified atom stereocenters. The number of aromatic nitrogens is 1. The highest BCUT2D eigenvalue weighted by Gasteiger charge is 2.34. The predicted molar refractivity (Wildman–Crippen MR) is 53.2 cm³/mol. The first-order valence-corrected chi connectivity index (χ1v) is 5.10. The Morgan fingerprint density at radius 3 is 2.59 bits per heavy atom. The lowest BCUT2D eigenvalue weighted by Gasteiger charge is -2.06. The molecule has 0 aliphatic heterocycles. The van der Waals surface area contributed by atoms with Crippen LogP contribution in [0.2, 0.25) is 0 Å².